The summed E-state index contributed by atoms with van der Waals surface area (Å²) in [6.45, 7) is 1.50. The van der Waals surface area contributed by atoms with E-state index in [9.17, 15) is 4.79 Å². The second-order valence-electron chi connectivity index (χ2n) is 4.24. The minimum absolute atomic E-state index is 0.202. The Balaban J connectivity index is 2.02. The number of anilines is 1. The molecule has 0 fully saturated rings. The molecule has 2 rings (SSSR count). The minimum atomic E-state index is -0.523. The van der Waals surface area contributed by atoms with Crippen LogP contribution >= 0.6 is 0 Å². The van der Waals surface area contributed by atoms with Gasteiger partial charge in [-0.05, 0) is 31.2 Å². The van der Waals surface area contributed by atoms with Gasteiger partial charge in [0.05, 0.1) is 19.9 Å². The smallest absolute Gasteiger partial charge is 0.249 e. The molecule has 1 aromatic carbocycles. The molecule has 0 aliphatic rings. The SMILES string of the molecule is COc1ccc(NC(=O)C(C)n2cc(CO)nn2)cc1. The van der Waals surface area contributed by atoms with Crippen LogP contribution in [-0.4, -0.2) is 33.1 Å². The van der Waals surface area contributed by atoms with Gasteiger partial charge in [-0.25, -0.2) is 4.68 Å². The van der Waals surface area contributed by atoms with Crippen molar-refractivity contribution in [2.24, 2.45) is 0 Å². The van der Waals surface area contributed by atoms with Crippen molar-refractivity contribution in [3.8, 4) is 5.75 Å². The topological polar surface area (TPSA) is 89.3 Å². The molecule has 1 aromatic heterocycles. The van der Waals surface area contributed by atoms with Crippen LogP contribution < -0.4 is 10.1 Å². The summed E-state index contributed by atoms with van der Waals surface area (Å²) >= 11 is 0. The van der Waals surface area contributed by atoms with E-state index in [2.05, 4.69) is 15.6 Å². The lowest BCUT2D eigenvalue weighted by Crippen LogP contribution is -2.24. The largest absolute Gasteiger partial charge is 0.497 e. The van der Waals surface area contributed by atoms with E-state index in [4.69, 9.17) is 9.84 Å². The van der Waals surface area contributed by atoms with Gasteiger partial charge in [0.25, 0.3) is 0 Å². The molecular formula is C13H16N4O3. The van der Waals surface area contributed by atoms with E-state index in [0.29, 0.717) is 11.4 Å². The molecule has 106 valence electrons. The number of benzene rings is 1. The van der Waals surface area contributed by atoms with Crippen molar-refractivity contribution in [2.75, 3.05) is 12.4 Å². The zero-order chi connectivity index (χ0) is 14.5. The molecule has 20 heavy (non-hydrogen) atoms. The number of nitrogens with one attached hydrogen (secondary N) is 1. The van der Waals surface area contributed by atoms with Crippen molar-refractivity contribution in [1.29, 1.82) is 0 Å². The Hall–Kier alpha value is -2.41. The Morgan fingerprint density at radius 3 is 2.70 bits per heavy atom. The summed E-state index contributed by atoms with van der Waals surface area (Å²) in [6.07, 6.45) is 1.54. The van der Waals surface area contributed by atoms with E-state index in [-0.39, 0.29) is 12.5 Å². The van der Waals surface area contributed by atoms with Gasteiger partial charge >= 0.3 is 0 Å². The zero-order valence-electron chi connectivity index (χ0n) is 11.3. The van der Waals surface area contributed by atoms with Gasteiger partial charge in [0.2, 0.25) is 5.91 Å². The highest BCUT2D eigenvalue weighted by molar-refractivity contribution is 5.93. The molecule has 0 saturated carbocycles. The second-order valence-corrected chi connectivity index (χ2v) is 4.24. The highest BCUT2D eigenvalue weighted by atomic mass is 16.5. The van der Waals surface area contributed by atoms with Crippen molar-refractivity contribution in [1.82, 2.24) is 15.0 Å². The van der Waals surface area contributed by atoms with Gasteiger partial charge in [-0.2, -0.15) is 0 Å². The van der Waals surface area contributed by atoms with Crippen LogP contribution in [0.3, 0.4) is 0 Å². The van der Waals surface area contributed by atoms with Crippen LogP contribution in [0.25, 0.3) is 0 Å². The van der Waals surface area contributed by atoms with Crippen molar-refractivity contribution in [3.63, 3.8) is 0 Å². The molecule has 1 atom stereocenters. The highest BCUT2D eigenvalue weighted by Crippen LogP contribution is 2.16. The van der Waals surface area contributed by atoms with Crippen LogP contribution in [0.2, 0.25) is 0 Å². The Morgan fingerprint density at radius 1 is 1.45 bits per heavy atom. The van der Waals surface area contributed by atoms with Crippen LogP contribution in [-0.2, 0) is 11.4 Å². The minimum Gasteiger partial charge on any atom is -0.497 e. The number of methoxy groups -OCH3 is 1. The molecule has 2 aromatic rings. The van der Waals surface area contributed by atoms with E-state index in [1.807, 2.05) is 0 Å². The summed E-state index contributed by atoms with van der Waals surface area (Å²) in [5, 5.41) is 19.2. The Bertz CT molecular complexity index is 580. The number of carbonyl (C=O) groups is 1. The Kier molecular flexibility index (Phi) is 4.31. The second kappa shape index (κ2) is 6.16. The number of carbonyl (C=O) groups excluding carboxylic acids is 1. The van der Waals surface area contributed by atoms with Gasteiger partial charge in [-0.1, -0.05) is 5.21 Å². The molecule has 7 heteroatoms. The predicted molar refractivity (Wildman–Crippen MR) is 72.3 cm³/mol. The van der Waals surface area contributed by atoms with E-state index in [1.54, 1.807) is 38.3 Å². The van der Waals surface area contributed by atoms with Crippen molar-refractivity contribution < 1.29 is 14.6 Å². The maximum atomic E-state index is 12.1. The summed E-state index contributed by atoms with van der Waals surface area (Å²) in [5.41, 5.74) is 1.10. The fourth-order valence-electron chi connectivity index (χ4n) is 1.62. The number of hydrogen-bond donors (Lipinski definition) is 2. The summed E-state index contributed by atoms with van der Waals surface area (Å²) in [7, 11) is 1.58. The van der Waals surface area contributed by atoms with E-state index in [1.165, 1.54) is 10.9 Å². The van der Waals surface area contributed by atoms with Crippen LogP contribution in [0.15, 0.2) is 30.5 Å². The van der Waals surface area contributed by atoms with Gasteiger partial charge in [0.1, 0.15) is 17.5 Å². The number of hydrogen-bond acceptors (Lipinski definition) is 5. The Labute approximate surface area is 116 Å². The standard InChI is InChI=1S/C13H16N4O3/c1-9(17-7-11(8-18)15-16-17)13(19)14-10-3-5-12(20-2)6-4-10/h3-7,9,18H,8H2,1-2H3,(H,14,19). The maximum Gasteiger partial charge on any atom is 0.249 e. The quantitative estimate of drug-likeness (QED) is 0.849. The highest BCUT2D eigenvalue weighted by Gasteiger charge is 2.16. The molecule has 0 aliphatic carbocycles. The molecule has 1 heterocycles. The lowest BCUT2D eigenvalue weighted by molar-refractivity contribution is -0.119. The van der Waals surface area contributed by atoms with Crippen molar-refractivity contribution in [3.05, 3.63) is 36.2 Å². The molecule has 2 N–H and O–H groups in total. The van der Waals surface area contributed by atoms with Gasteiger partial charge in [0.15, 0.2) is 0 Å². The lowest BCUT2D eigenvalue weighted by Gasteiger charge is -2.12. The normalized spacial score (nSPS) is 11.9. The van der Waals surface area contributed by atoms with Gasteiger partial charge in [-0.15, -0.1) is 5.10 Å². The fraction of sp³-hybridized carbons (Fsp3) is 0.308. The maximum absolute atomic E-state index is 12.1. The number of aliphatic hydroxyl groups is 1. The number of aromatic nitrogens is 3. The summed E-state index contributed by atoms with van der Waals surface area (Å²) in [5.74, 6) is 0.504. The van der Waals surface area contributed by atoms with Gasteiger partial charge in [0, 0.05) is 5.69 Å². The lowest BCUT2D eigenvalue weighted by atomic mass is 10.2. The van der Waals surface area contributed by atoms with Crippen molar-refractivity contribution >= 4 is 11.6 Å². The predicted octanol–water partition coefficient (Wildman–Crippen LogP) is 0.979. The first kappa shape index (κ1) is 14.0. The van der Waals surface area contributed by atoms with E-state index >= 15 is 0 Å². The average Bonchev–Trinajstić information content (AvgIpc) is 2.96. The molecule has 0 aliphatic heterocycles. The van der Waals surface area contributed by atoms with Gasteiger partial charge < -0.3 is 15.2 Å². The third-order valence-electron chi connectivity index (χ3n) is 2.85. The molecule has 0 radical (unpaired) electrons. The molecule has 0 saturated heterocycles. The molecule has 0 bridgehead atoms. The first-order chi connectivity index (χ1) is 9.63. The molecule has 1 unspecified atom stereocenters. The fourth-order valence-corrected chi connectivity index (χ4v) is 1.62. The van der Waals surface area contributed by atoms with Crippen LogP contribution in [0.5, 0.6) is 5.75 Å². The van der Waals surface area contributed by atoms with E-state index < -0.39 is 6.04 Å². The number of amides is 1. The summed E-state index contributed by atoms with van der Waals surface area (Å²) in [4.78, 5) is 12.1. The van der Waals surface area contributed by atoms with Crippen LogP contribution in [0.4, 0.5) is 5.69 Å². The first-order valence-corrected chi connectivity index (χ1v) is 6.10. The number of aliphatic hydroxyl groups excluding tert-OH is 1. The monoisotopic (exact) mass is 276 g/mol. The average molecular weight is 276 g/mol. The molecule has 7 nitrogen and oxygen atoms in total. The van der Waals surface area contributed by atoms with Crippen LogP contribution in [0.1, 0.15) is 18.7 Å². The first-order valence-electron chi connectivity index (χ1n) is 6.10. The molecular weight excluding hydrogens is 260 g/mol. The number of nitrogens with zero attached hydrogens (tertiary/aromatic N) is 3. The van der Waals surface area contributed by atoms with Crippen LogP contribution in [0, 0.1) is 0 Å². The zero-order valence-corrected chi connectivity index (χ0v) is 11.3. The third kappa shape index (κ3) is 3.12. The van der Waals surface area contributed by atoms with E-state index in [0.717, 1.165) is 5.75 Å². The summed E-state index contributed by atoms with van der Waals surface area (Å²) in [6, 6.07) is 6.51. The van der Waals surface area contributed by atoms with Gasteiger partial charge in [-0.3, -0.25) is 4.79 Å². The van der Waals surface area contributed by atoms with Crippen molar-refractivity contribution in [2.45, 2.75) is 19.6 Å². The third-order valence-corrected chi connectivity index (χ3v) is 2.85. The number of ether oxygens (including phenoxy) is 1. The molecule has 0 spiro atoms. The Morgan fingerprint density at radius 2 is 2.15 bits per heavy atom. The number of rotatable bonds is 5. The summed E-state index contributed by atoms with van der Waals surface area (Å²) < 4.78 is 6.45. The molecule has 1 amide bonds.